The van der Waals surface area contributed by atoms with Gasteiger partial charge in [0.2, 0.25) is 0 Å². The molecule has 25 heavy (non-hydrogen) atoms. The maximum Gasteiger partial charge on any atom is 0.257 e. The zero-order chi connectivity index (χ0) is 17.2. The number of H-pyrrole nitrogens is 1. The fraction of sp³-hybridized carbons (Fsp3) is 0.222. The number of ether oxygens (including phenoxy) is 2. The number of halogens is 1. The minimum atomic E-state index is -0.181. The molecule has 1 aromatic heterocycles. The van der Waals surface area contributed by atoms with E-state index in [-0.39, 0.29) is 12.5 Å². The van der Waals surface area contributed by atoms with Crippen molar-refractivity contribution in [1.82, 2.24) is 15.5 Å². The summed E-state index contributed by atoms with van der Waals surface area (Å²) in [6.07, 6.45) is 0.710. The highest BCUT2D eigenvalue weighted by Crippen LogP contribution is 2.33. The molecule has 6 nitrogen and oxygen atoms in total. The number of hydrogen-bond acceptors (Lipinski definition) is 4. The van der Waals surface area contributed by atoms with Crippen LogP contribution in [0.25, 0.3) is 22.2 Å². The van der Waals surface area contributed by atoms with Crippen LogP contribution in [0.2, 0.25) is 5.02 Å². The Kier molecular flexibility index (Phi) is 4.19. The van der Waals surface area contributed by atoms with Gasteiger partial charge in [-0.1, -0.05) is 11.6 Å². The van der Waals surface area contributed by atoms with Gasteiger partial charge in [-0.05, 0) is 42.8 Å². The van der Waals surface area contributed by atoms with Crippen LogP contribution in [0.4, 0.5) is 0 Å². The van der Waals surface area contributed by atoms with E-state index in [2.05, 4.69) is 15.5 Å². The summed E-state index contributed by atoms with van der Waals surface area (Å²) in [6, 6.07) is 11.1. The van der Waals surface area contributed by atoms with E-state index in [1.807, 2.05) is 30.3 Å². The number of amides is 1. The molecule has 0 unspecified atom stereocenters. The monoisotopic (exact) mass is 357 g/mol. The number of aromatic nitrogens is 2. The Labute approximate surface area is 149 Å². The van der Waals surface area contributed by atoms with Crippen LogP contribution in [0.1, 0.15) is 6.42 Å². The van der Waals surface area contributed by atoms with E-state index in [0.717, 1.165) is 27.9 Å². The summed E-state index contributed by atoms with van der Waals surface area (Å²) < 4.78 is 11.4. The fourth-order valence-corrected chi connectivity index (χ4v) is 3.00. The highest BCUT2D eigenvalue weighted by atomic mass is 35.5. The molecule has 4 rings (SSSR count). The summed E-state index contributed by atoms with van der Waals surface area (Å²) in [5.74, 6) is 1.10. The van der Waals surface area contributed by atoms with Gasteiger partial charge in [0.1, 0.15) is 17.2 Å². The average Bonchev–Trinajstić information content (AvgIpc) is 3.02. The number of aromatic amines is 1. The zero-order valence-corrected chi connectivity index (χ0v) is 14.1. The normalized spacial score (nSPS) is 15.0. The van der Waals surface area contributed by atoms with E-state index >= 15 is 0 Å². The van der Waals surface area contributed by atoms with Gasteiger partial charge < -0.3 is 14.8 Å². The van der Waals surface area contributed by atoms with E-state index in [4.69, 9.17) is 21.1 Å². The van der Waals surface area contributed by atoms with Gasteiger partial charge in [0.05, 0.1) is 12.1 Å². The Morgan fingerprint density at radius 3 is 2.92 bits per heavy atom. The van der Waals surface area contributed by atoms with E-state index in [1.54, 1.807) is 6.07 Å². The second-order valence-electron chi connectivity index (χ2n) is 5.80. The molecule has 4 bridgehead atoms. The fourth-order valence-electron chi connectivity index (χ4n) is 2.78. The number of benzene rings is 2. The first-order chi connectivity index (χ1) is 12.2. The maximum absolute atomic E-state index is 11.8. The Morgan fingerprint density at radius 2 is 2.00 bits per heavy atom. The Balaban J connectivity index is 1.81. The summed E-state index contributed by atoms with van der Waals surface area (Å²) in [4.78, 5) is 11.8. The van der Waals surface area contributed by atoms with Gasteiger partial charge in [0.15, 0.2) is 6.61 Å². The van der Waals surface area contributed by atoms with Crippen LogP contribution >= 0.6 is 11.6 Å². The quantitative estimate of drug-likeness (QED) is 0.648. The topological polar surface area (TPSA) is 76.2 Å². The molecule has 3 aromatic rings. The average molecular weight is 358 g/mol. The lowest BCUT2D eigenvalue weighted by atomic mass is 10.1. The predicted octanol–water partition coefficient (Wildman–Crippen LogP) is 3.16. The molecule has 0 saturated carbocycles. The third-order valence-electron chi connectivity index (χ3n) is 3.96. The van der Waals surface area contributed by atoms with Gasteiger partial charge in [0, 0.05) is 22.5 Å². The van der Waals surface area contributed by atoms with Gasteiger partial charge in [0.25, 0.3) is 5.91 Å². The Hall–Kier alpha value is -2.73. The molecule has 0 spiro atoms. The zero-order valence-electron chi connectivity index (χ0n) is 13.3. The second-order valence-corrected chi connectivity index (χ2v) is 6.23. The van der Waals surface area contributed by atoms with Crippen molar-refractivity contribution in [2.45, 2.75) is 6.42 Å². The van der Waals surface area contributed by atoms with Crippen LogP contribution in [-0.2, 0) is 4.79 Å². The summed E-state index contributed by atoms with van der Waals surface area (Å²) in [5, 5.41) is 11.7. The maximum atomic E-state index is 11.8. The predicted molar refractivity (Wildman–Crippen MR) is 95.2 cm³/mol. The molecule has 128 valence electrons. The first kappa shape index (κ1) is 15.8. The van der Waals surface area contributed by atoms with Crippen molar-refractivity contribution in [3.63, 3.8) is 0 Å². The van der Waals surface area contributed by atoms with Crippen molar-refractivity contribution in [2.75, 3.05) is 19.8 Å². The molecule has 0 fully saturated rings. The summed E-state index contributed by atoms with van der Waals surface area (Å²) in [5.41, 5.74) is 2.47. The lowest BCUT2D eigenvalue weighted by Gasteiger charge is -2.09. The van der Waals surface area contributed by atoms with Gasteiger partial charge >= 0.3 is 0 Å². The molecule has 0 atom stereocenters. The van der Waals surface area contributed by atoms with Crippen LogP contribution in [0.5, 0.6) is 11.5 Å². The lowest BCUT2D eigenvalue weighted by Crippen LogP contribution is -2.30. The molecule has 2 aromatic carbocycles. The summed E-state index contributed by atoms with van der Waals surface area (Å²) in [7, 11) is 0. The standard InChI is InChI=1S/C18H16ClN3O3/c19-12-6-11-7-14(8-12)25-10-17(23)20-4-1-5-24-13-2-3-16-15(9-13)18(11)22-21-16/h2-3,6-9H,1,4-5,10H2,(H,20,23)(H,21,22). The van der Waals surface area contributed by atoms with Crippen LogP contribution in [0, 0.1) is 0 Å². The Bertz CT molecular complexity index is 938. The highest BCUT2D eigenvalue weighted by molar-refractivity contribution is 6.31. The van der Waals surface area contributed by atoms with Crippen molar-refractivity contribution >= 4 is 28.4 Å². The molecule has 1 amide bonds. The smallest absolute Gasteiger partial charge is 0.257 e. The molecule has 2 heterocycles. The number of carbonyl (C=O) groups is 1. The number of rotatable bonds is 0. The third kappa shape index (κ3) is 3.39. The van der Waals surface area contributed by atoms with Crippen molar-refractivity contribution < 1.29 is 14.3 Å². The molecule has 1 aliphatic rings. The van der Waals surface area contributed by atoms with Crippen LogP contribution in [-0.4, -0.2) is 35.9 Å². The molecule has 2 N–H and O–H groups in total. The van der Waals surface area contributed by atoms with E-state index in [0.29, 0.717) is 30.3 Å². The van der Waals surface area contributed by atoms with Crippen LogP contribution in [0.3, 0.4) is 0 Å². The molecule has 0 saturated heterocycles. The van der Waals surface area contributed by atoms with Crippen molar-refractivity contribution in [1.29, 1.82) is 0 Å². The first-order valence-electron chi connectivity index (χ1n) is 8.00. The molecule has 0 aliphatic carbocycles. The second kappa shape index (κ2) is 6.64. The molecular weight excluding hydrogens is 342 g/mol. The van der Waals surface area contributed by atoms with Gasteiger partial charge in [-0.15, -0.1) is 0 Å². The van der Waals surface area contributed by atoms with Gasteiger partial charge in [-0.25, -0.2) is 0 Å². The van der Waals surface area contributed by atoms with Crippen molar-refractivity contribution in [3.8, 4) is 22.8 Å². The Morgan fingerprint density at radius 1 is 1.08 bits per heavy atom. The summed E-state index contributed by atoms with van der Waals surface area (Å²) in [6.45, 7) is 0.978. The minimum Gasteiger partial charge on any atom is -0.494 e. The lowest BCUT2D eigenvalue weighted by molar-refractivity contribution is -0.123. The largest absolute Gasteiger partial charge is 0.494 e. The highest BCUT2D eigenvalue weighted by Gasteiger charge is 2.13. The SMILES string of the molecule is O=C1COc2cc(Cl)cc(c2)-c2n[nH]c3ccc(cc23)OCCCN1. The molecular formula is C18H16ClN3O3. The van der Waals surface area contributed by atoms with Gasteiger partial charge in [-0.3, -0.25) is 9.89 Å². The van der Waals surface area contributed by atoms with E-state index in [1.165, 1.54) is 0 Å². The summed E-state index contributed by atoms with van der Waals surface area (Å²) >= 11 is 6.22. The van der Waals surface area contributed by atoms with Crippen molar-refractivity contribution in [3.05, 3.63) is 41.4 Å². The van der Waals surface area contributed by atoms with E-state index < -0.39 is 0 Å². The number of fused-ring (bicyclic) bond motifs is 4. The number of hydrogen-bond donors (Lipinski definition) is 2. The van der Waals surface area contributed by atoms with Crippen molar-refractivity contribution in [2.24, 2.45) is 0 Å². The third-order valence-corrected chi connectivity index (χ3v) is 4.18. The molecule has 1 aliphatic heterocycles. The number of carbonyl (C=O) groups excluding carboxylic acids is 1. The number of nitrogens with zero attached hydrogens (tertiary/aromatic N) is 1. The van der Waals surface area contributed by atoms with Crippen LogP contribution < -0.4 is 14.8 Å². The van der Waals surface area contributed by atoms with E-state index in [9.17, 15) is 4.79 Å². The van der Waals surface area contributed by atoms with Crippen LogP contribution in [0.15, 0.2) is 36.4 Å². The molecule has 7 heteroatoms. The molecule has 0 radical (unpaired) electrons. The van der Waals surface area contributed by atoms with Gasteiger partial charge in [-0.2, -0.15) is 5.10 Å². The minimum absolute atomic E-state index is 0.0651. The number of nitrogens with one attached hydrogen (secondary N) is 2. The first-order valence-corrected chi connectivity index (χ1v) is 8.38.